The highest BCUT2D eigenvalue weighted by Gasteiger charge is 2.20. The van der Waals surface area contributed by atoms with Crippen molar-refractivity contribution in [3.05, 3.63) is 59.7 Å². The van der Waals surface area contributed by atoms with Crippen molar-refractivity contribution >= 4 is 11.7 Å². The molecule has 1 fully saturated rings. The summed E-state index contributed by atoms with van der Waals surface area (Å²) in [6, 6.07) is 17.0. The molecule has 0 aliphatic carbocycles. The first-order valence-corrected chi connectivity index (χ1v) is 9.09. The molecule has 27 heavy (non-hydrogen) atoms. The van der Waals surface area contributed by atoms with Crippen LogP contribution in [0.2, 0.25) is 0 Å². The quantitative estimate of drug-likeness (QED) is 0.886. The lowest BCUT2D eigenvalue weighted by atomic mass is 10.1. The van der Waals surface area contributed by atoms with E-state index in [1.165, 1.54) is 5.56 Å². The van der Waals surface area contributed by atoms with E-state index in [-0.39, 0.29) is 6.03 Å². The SMILES string of the molecule is COc1cccc(CCN2CCN(C(=O)Nc3ccc(C#N)cc3)CC2)c1. The number of methoxy groups -OCH3 is 1. The molecule has 1 N–H and O–H groups in total. The summed E-state index contributed by atoms with van der Waals surface area (Å²) >= 11 is 0. The summed E-state index contributed by atoms with van der Waals surface area (Å²) in [7, 11) is 1.68. The van der Waals surface area contributed by atoms with Crippen LogP contribution in [0.3, 0.4) is 0 Å². The van der Waals surface area contributed by atoms with Gasteiger partial charge in [0.1, 0.15) is 5.75 Å². The summed E-state index contributed by atoms with van der Waals surface area (Å²) < 4.78 is 5.27. The first kappa shape index (κ1) is 18.7. The number of amides is 2. The fourth-order valence-corrected chi connectivity index (χ4v) is 3.12. The maximum absolute atomic E-state index is 12.4. The van der Waals surface area contributed by atoms with Crippen molar-refractivity contribution in [2.45, 2.75) is 6.42 Å². The van der Waals surface area contributed by atoms with Crippen LogP contribution < -0.4 is 10.1 Å². The molecule has 0 saturated carbocycles. The third-order valence-electron chi connectivity index (χ3n) is 4.78. The zero-order chi connectivity index (χ0) is 19.1. The Bertz CT molecular complexity index is 806. The Morgan fingerprint density at radius 1 is 1.15 bits per heavy atom. The van der Waals surface area contributed by atoms with Gasteiger partial charge in [-0.1, -0.05) is 12.1 Å². The van der Waals surface area contributed by atoms with Crippen molar-refractivity contribution in [2.24, 2.45) is 0 Å². The van der Waals surface area contributed by atoms with Gasteiger partial charge in [-0.2, -0.15) is 5.26 Å². The van der Waals surface area contributed by atoms with Gasteiger partial charge in [0, 0.05) is 38.4 Å². The number of benzene rings is 2. The van der Waals surface area contributed by atoms with E-state index in [0.29, 0.717) is 24.3 Å². The fraction of sp³-hybridized carbons (Fsp3) is 0.333. The highest BCUT2D eigenvalue weighted by molar-refractivity contribution is 5.89. The van der Waals surface area contributed by atoms with E-state index in [0.717, 1.165) is 31.8 Å². The maximum atomic E-state index is 12.4. The van der Waals surface area contributed by atoms with Gasteiger partial charge in [-0.15, -0.1) is 0 Å². The van der Waals surface area contributed by atoms with Crippen LogP contribution in [0.1, 0.15) is 11.1 Å². The molecule has 3 rings (SSSR count). The molecule has 1 aliphatic rings. The minimum Gasteiger partial charge on any atom is -0.497 e. The highest BCUT2D eigenvalue weighted by atomic mass is 16.5. The predicted octanol–water partition coefficient (Wildman–Crippen LogP) is 2.96. The Kier molecular flexibility index (Phi) is 6.29. The molecule has 140 valence electrons. The number of nitrogens with one attached hydrogen (secondary N) is 1. The normalized spacial score (nSPS) is 14.4. The zero-order valence-corrected chi connectivity index (χ0v) is 15.5. The Morgan fingerprint density at radius 3 is 2.56 bits per heavy atom. The van der Waals surface area contributed by atoms with E-state index in [1.54, 1.807) is 31.4 Å². The Morgan fingerprint density at radius 2 is 1.89 bits per heavy atom. The molecule has 0 aromatic heterocycles. The van der Waals surface area contributed by atoms with Crippen LogP contribution in [0, 0.1) is 11.3 Å². The predicted molar refractivity (Wildman–Crippen MR) is 105 cm³/mol. The molecule has 2 amide bonds. The second-order valence-electron chi connectivity index (χ2n) is 6.55. The highest BCUT2D eigenvalue weighted by Crippen LogP contribution is 2.14. The number of urea groups is 1. The topological polar surface area (TPSA) is 68.6 Å². The van der Waals surface area contributed by atoms with Crippen molar-refractivity contribution < 1.29 is 9.53 Å². The first-order chi connectivity index (χ1) is 13.2. The van der Waals surface area contributed by atoms with Crippen LogP contribution in [0.5, 0.6) is 5.75 Å². The summed E-state index contributed by atoms with van der Waals surface area (Å²) in [6.45, 7) is 4.12. The molecular formula is C21H24N4O2. The van der Waals surface area contributed by atoms with Gasteiger partial charge in [0.05, 0.1) is 18.7 Å². The Balaban J connectivity index is 1.43. The van der Waals surface area contributed by atoms with Crippen LogP contribution in [-0.4, -0.2) is 55.7 Å². The molecule has 0 spiro atoms. The average molecular weight is 364 g/mol. The van der Waals surface area contributed by atoms with Gasteiger partial charge in [0.2, 0.25) is 0 Å². The number of nitriles is 1. The number of carbonyl (C=O) groups is 1. The number of ether oxygens (including phenoxy) is 1. The Labute approximate surface area is 160 Å². The lowest BCUT2D eigenvalue weighted by molar-refractivity contribution is 0.148. The smallest absolute Gasteiger partial charge is 0.321 e. The lowest BCUT2D eigenvalue weighted by Gasteiger charge is -2.34. The molecule has 0 atom stereocenters. The largest absolute Gasteiger partial charge is 0.497 e. The van der Waals surface area contributed by atoms with Gasteiger partial charge in [-0.3, -0.25) is 4.90 Å². The van der Waals surface area contributed by atoms with Gasteiger partial charge in [-0.25, -0.2) is 4.79 Å². The standard InChI is InChI=1S/C21H24N4O2/c1-27-20-4-2-3-17(15-20)9-10-24-11-13-25(14-12-24)21(26)23-19-7-5-18(16-22)6-8-19/h2-8,15H,9-14H2,1H3,(H,23,26). The third-order valence-corrected chi connectivity index (χ3v) is 4.78. The van der Waals surface area contributed by atoms with E-state index in [4.69, 9.17) is 10.00 Å². The van der Waals surface area contributed by atoms with Crippen LogP contribution in [0.25, 0.3) is 0 Å². The van der Waals surface area contributed by atoms with E-state index in [2.05, 4.69) is 28.4 Å². The third kappa shape index (κ3) is 5.22. The average Bonchev–Trinajstić information content (AvgIpc) is 2.73. The minimum absolute atomic E-state index is 0.0906. The molecule has 1 heterocycles. The molecule has 0 bridgehead atoms. The van der Waals surface area contributed by atoms with Gasteiger partial charge >= 0.3 is 6.03 Å². The van der Waals surface area contributed by atoms with E-state index < -0.39 is 0 Å². The van der Waals surface area contributed by atoms with Crippen molar-refractivity contribution in [2.75, 3.05) is 45.2 Å². The molecule has 6 nitrogen and oxygen atoms in total. The summed E-state index contributed by atoms with van der Waals surface area (Å²) in [5.74, 6) is 0.886. The van der Waals surface area contributed by atoms with Crippen molar-refractivity contribution in [3.63, 3.8) is 0 Å². The summed E-state index contributed by atoms with van der Waals surface area (Å²) in [4.78, 5) is 16.6. The van der Waals surface area contributed by atoms with Gasteiger partial charge in [-0.05, 0) is 48.4 Å². The second-order valence-corrected chi connectivity index (χ2v) is 6.55. The molecule has 2 aromatic carbocycles. The van der Waals surface area contributed by atoms with E-state index in [1.807, 2.05) is 17.0 Å². The molecule has 0 radical (unpaired) electrons. The fourth-order valence-electron chi connectivity index (χ4n) is 3.12. The molecule has 2 aromatic rings. The molecular weight excluding hydrogens is 340 g/mol. The second kappa shape index (κ2) is 9.06. The molecule has 1 aliphatic heterocycles. The summed E-state index contributed by atoms with van der Waals surface area (Å²) in [5.41, 5.74) is 2.55. The Hall–Kier alpha value is -3.04. The van der Waals surface area contributed by atoms with Crippen molar-refractivity contribution in [3.8, 4) is 11.8 Å². The van der Waals surface area contributed by atoms with Crippen LogP contribution in [-0.2, 0) is 6.42 Å². The molecule has 1 saturated heterocycles. The molecule has 0 unspecified atom stereocenters. The minimum atomic E-state index is -0.0906. The zero-order valence-electron chi connectivity index (χ0n) is 15.5. The van der Waals surface area contributed by atoms with Crippen LogP contribution >= 0.6 is 0 Å². The van der Waals surface area contributed by atoms with Crippen LogP contribution in [0.15, 0.2) is 48.5 Å². The number of piperazine rings is 1. The number of nitrogens with zero attached hydrogens (tertiary/aromatic N) is 3. The van der Waals surface area contributed by atoms with Crippen molar-refractivity contribution in [1.82, 2.24) is 9.80 Å². The monoisotopic (exact) mass is 364 g/mol. The molecule has 6 heteroatoms. The number of anilines is 1. The van der Waals surface area contributed by atoms with E-state index >= 15 is 0 Å². The lowest BCUT2D eigenvalue weighted by Crippen LogP contribution is -2.50. The number of rotatable bonds is 5. The van der Waals surface area contributed by atoms with Crippen molar-refractivity contribution in [1.29, 1.82) is 5.26 Å². The maximum Gasteiger partial charge on any atom is 0.321 e. The van der Waals surface area contributed by atoms with Gasteiger partial charge < -0.3 is 15.0 Å². The summed E-state index contributed by atoms with van der Waals surface area (Å²) in [6.07, 6.45) is 0.967. The van der Waals surface area contributed by atoms with Crippen LogP contribution in [0.4, 0.5) is 10.5 Å². The first-order valence-electron chi connectivity index (χ1n) is 9.09. The number of hydrogen-bond acceptors (Lipinski definition) is 4. The summed E-state index contributed by atoms with van der Waals surface area (Å²) in [5, 5.41) is 11.7. The van der Waals surface area contributed by atoms with E-state index in [9.17, 15) is 4.79 Å². The number of hydrogen-bond donors (Lipinski definition) is 1. The van der Waals surface area contributed by atoms with Gasteiger partial charge in [0.25, 0.3) is 0 Å². The number of carbonyl (C=O) groups excluding carboxylic acids is 1. The van der Waals surface area contributed by atoms with Gasteiger partial charge in [0.15, 0.2) is 0 Å².